The van der Waals surface area contributed by atoms with E-state index in [-0.39, 0.29) is 42.5 Å². The standard InChI is InChI=1S/C30H36F6N6O3/c1-5-41(15-19-6-8-21(9-7-19)27(43)44)25-14-26(45-4)18(2)10-22(25)17-42(28-37-39-40(3)38-28)16-20-11-23(29(31,32)33)13-24(12-20)30(34,35)36/h10-14,19,21H,5-9,15-17H2,1-4H3,(H,43,44). The number of aromatic nitrogens is 4. The summed E-state index contributed by atoms with van der Waals surface area (Å²) in [4.78, 5) is 16.2. The van der Waals surface area contributed by atoms with Gasteiger partial charge in [-0.05, 0) is 91.6 Å². The van der Waals surface area contributed by atoms with Crippen molar-refractivity contribution in [3.05, 3.63) is 58.1 Å². The molecule has 9 nitrogen and oxygen atoms in total. The highest BCUT2D eigenvalue weighted by Gasteiger charge is 2.37. The molecule has 1 aliphatic rings. The van der Waals surface area contributed by atoms with E-state index in [0.29, 0.717) is 43.8 Å². The highest BCUT2D eigenvalue weighted by atomic mass is 19.4. The quantitative estimate of drug-likeness (QED) is 0.237. The van der Waals surface area contributed by atoms with Crippen molar-refractivity contribution in [2.45, 2.75) is 65.0 Å². The average molecular weight is 643 g/mol. The Bertz CT molecular complexity index is 1450. The first-order valence-corrected chi connectivity index (χ1v) is 14.5. The normalized spacial score (nSPS) is 17.3. The van der Waals surface area contributed by atoms with Gasteiger partial charge in [-0.3, -0.25) is 4.79 Å². The number of alkyl halides is 6. The third-order valence-electron chi connectivity index (χ3n) is 8.16. The average Bonchev–Trinajstić information content (AvgIpc) is 3.41. The molecule has 1 N–H and O–H groups in total. The van der Waals surface area contributed by atoms with Crippen molar-refractivity contribution in [2.75, 3.05) is 30.0 Å². The maximum atomic E-state index is 13.6. The first kappa shape index (κ1) is 33.8. The summed E-state index contributed by atoms with van der Waals surface area (Å²) >= 11 is 0. The number of hydrogen-bond donors (Lipinski definition) is 1. The number of tetrazole rings is 1. The molecule has 0 radical (unpaired) electrons. The zero-order valence-corrected chi connectivity index (χ0v) is 25.4. The van der Waals surface area contributed by atoms with Crippen molar-refractivity contribution in [1.29, 1.82) is 0 Å². The molecular weight excluding hydrogens is 606 g/mol. The SMILES string of the molecule is CCN(CC1CCC(C(=O)O)CC1)c1cc(OC)c(C)cc1CN(Cc1cc(C(F)(F)F)cc(C(F)(F)F)c1)c1nnn(C)n1. The number of carboxylic acids is 1. The van der Waals surface area contributed by atoms with Crippen LogP contribution in [0.3, 0.4) is 0 Å². The van der Waals surface area contributed by atoms with Gasteiger partial charge in [0.1, 0.15) is 5.75 Å². The first-order valence-electron chi connectivity index (χ1n) is 14.5. The minimum atomic E-state index is -4.99. The molecule has 1 aliphatic carbocycles. The van der Waals surface area contributed by atoms with Crippen LogP contribution in [0.15, 0.2) is 30.3 Å². The van der Waals surface area contributed by atoms with Crippen molar-refractivity contribution in [3.63, 3.8) is 0 Å². The Morgan fingerprint density at radius 3 is 2.09 bits per heavy atom. The van der Waals surface area contributed by atoms with Gasteiger partial charge in [0.15, 0.2) is 0 Å². The Morgan fingerprint density at radius 1 is 0.978 bits per heavy atom. The number of benzene rings is 2. The van der Waals surface area contributed by atoms with E-state index >= 15 is 0 Å². The maximum absolute atomic E-state index is 13.6. The molecule has 1 fully saturated rings. The molecular formula is C30H36F6N6O3. The molecule has 1 heterocycles. The van der Waals surface area contributed by atoms with Gasteiger partial charge in [-0.15, -0.1) is 5.10 Å². The smallest absolute Gasteiger partial charge is 0.416 e. The summed E-state index contributed by atoms with van der Waals surface area (Å²) in [6, 6.07) is 5.23. The number of carbonyl (C=O) groups is 1. The number of halogens is 6. The second-order valence-electron chi connectivity index (χ2n) is 11.4. The molecule has 0 bridgehead atoms. The molecule has 0 atom stereocenters. The first-order chi connectivity index (χ1) is 21.1. The molecule has 0 amide bonds. The highest BCUT2D eigenvalue weighted by molar-refractivity contribution is 5.70. The number of rotatable bonds is 11. The lowest BCUT2D eigenvalue weighted by Gasteiger charge is -2.34. The summed E-state index contributed by atoms with van der Waals surface area (Å²) < 4.78 is 87.4. The minimum Gasteiger partial charge on any atom is -0.496 e. The Balaban J connectivity index is 1.72. The molecule has 0 aliphatic heterocycles. The number of methoxy groups -OCH3 is 1. The van der Waals surface area contributed by atoms with E-state index < -0.39 is 29.4 Å². The van der Waals surface area contributed by atoms with E-state index in [9.17, 15) is 36.2 Å². The summed E-state index contributed by atoms with van der Waals surface area (Å²) in [6.45, 7) is 4.70. The van der Waals surface area contributed by atoms with Crippen molar-refractivity contribution in [1.82, 2.24) is 20.2 Å². The molecule has 1 aromatic heterocycles. The largest absolute Gasteiger partial charge is 0.496 e. The molecule has 246 valence electrons. The number of ether oxygens (including phenoxy) is 1. The second kappa shape index (κ2) is 13.5. The van der Waals surface area contributed by atoms with Crippen LogP contribution >= 0.6 is 0 Å². The van der Waals surface area contributed by atoms with E-state index in [2.05, 4.69) is 20.3 Å². The third kappa shape index (κ3) is 8.37. The fourth-order valence-corrected chi connectivity index (χ4v) is 5.81. The molecule has 45 heavy (non-hydrogen) atoms. The lowest BCUT2D eigenvalue weighted by atomic mass is 9.81. The molecule has 2 aromatic carbocycles. The molecule has 0 unspecified atom stereocenters. The van der Waals surface area contributed by atoms with Crippen LogP contribution in [0.4, 0.5) is 38.0 Å². The minimum absolute atomic E-state index is 0.0259. The number of aliphatic carboxylic acids is 1. The number of anilines is 2. The lowest BCUT2D eigenvalue weighted by Crippen LogP contribution is -2.34. The van der Waals surface area contributed by atoms with Gasteiger partial charge in [0, 0.05) is 37.9 Å². The highest BCUT2D eigenvalue weighted by Crippen LogP contribution is 2.38. The maximum Gasteiger partial charge on any atom is 0.416 e. The van der Waals surface area contributed by atoms with Gasteiger partial charge < -0.3 is 19.6 Å². The van der Waals surface area contributed by atoms with Crippen LogP contribution in [0.5, 0.6) is 5.75 Å². The van der Waals surface area contributed by atoms with Crippen molar-refractivity contribution in [3.8, 4) is 5.75 Å². The van der Waals surface area contributed by atoms with Crippen LogP contribution in [0.2, 0.25) is 0 Å². The summed E-state index contributed by atoms with van der Waals surface area (Å²) in [5, 5.41) is 21.4. The van der Waals surface area contributed by atoms with Crippen LogP contribution in [-0.4, -0.2) is 51.5 Å². The van der Waals surface area contributed by atoms with E-state index in [0.717, 1.165) is 34.5 Å². The summed E-state index contributed by atoms with van der Waals surface area (Å²) in [5.74, 6) is -0.263. The summed E-state index contributed by atoms with van der Waals surface area (Å²) in [6.07, 6.45) is -7.30. The van der Waals surface area contributed by atoms with Crippen LogP contribution in [0.1, 0.15) is 60.4 Å². The van der Waals surface area contributed by atoms with Gasteiger partial charge >= 0.3 is 18.3 Å². The topological polar surface area (TPSA) is 96.6 Å². The monoisotopic (exact) mass is 642 g/mol. The number of aryl methyl sites for hydroxylation is 2. The molecule has 1 saturated carbocycles. The van der Waals surface area contributed by atoms with E-state index in [4.69, 9.17) is 4.74 Å². The fourth-order valence-electron chi connectivity index (χ4n) is 5.81. The van der Waals surface area contributed by atoms with Crippen molar-refractivity contribution >= 4 is 17.6 Å². The third-order valence-corrected chi connectivity index (χ3v) is 8.16. The van der Waals surface area contributed by atoms with Gasteiger partial charge in [-0.25, -0.2) is 0 Å². The Labute approximate surface area is 256 Å². The van der Waals surface area contributed by atoms with Gasteiger partial charge in [-0.1, -0.05) is 5.10 Å². The van der Waals surface area contributed by atoms with Crippen LogP contribution in [0, 0.1) is 18.8 Å². The molecule has 3 aromatic rings. The number of carboxylic acid groups (broad SMARTS) is 1. The number of hydrogen-bond acceptors (Lipinski definition) is 7. The molecule has 4 rings (SSSR count). The van der Waals surface area contributed by atoms with Crippen molar-refractivity contribution < 1.29 is 41.0 Å². The van der Waals surface area contributed by atoms with Gasteiger partial charge in [-0.2, -0.15) is 31.1 Å². The summed E-state index contributed by atoms with van der Waals surface area (Å²) in [7, 11) is 3.04. The van der Waals surface area contributed by atoms with E-state index in [1.165, 1.54) is 19.1 Å². The number of nitrogens with zero attached hydrogens (tertiary/aromatic N) is 6. The van der Waals surface area contributed by atoms with E-state index in [1.54, 1.807) is 0 Å². The molecule has 15 heteroatoms. The zero-order valence-electron chi connectivity index (χ0n) is 25.4. The molecule has 0 saturated heterocycles. The Morgan fingerprint density at radius 2 is 1.60 bits per heavy atom. The van der Waals surface area contributed by atoms with Gasteiger partial charge in [0.25, 0.3) is 5.95 Å². The van der Waals surface area contributed by atoms with Gasteiger partial charge in [0.2, 0.25) is 0 Å². The van der Waals surface area contributed by atoms with Crippen LogP contribution in [-0.2, 0) is 37.3 Å². The van der Waals surface area contributed by atoms with E-state index in [1.807, 2.05) is 26.0 Å². The zero-order chi connectivity index (χ0) is 33.1. The predicted octanol–water partition coefficient (Wildman–Crippen LogP) is 6.49. The predicted molar refractivity (Wildman–Crippen MR) is 154 cm³/mol. The van der Waals surface area contributed by atoms with Crippen LogP contribution < -0.4 is 14.5 Å². The van der Waals surface area contributed by atoms with Crippen LogP contribution in [0.25, 0.3) is 0 Å². The second-order valence-corrected chi connectivity index (χ2v) is 11.4. The summed E-state index contributed by atoms with van der Waals surface area (Å²) in [5.41, 5.74) is -0.761. The lowest BCUT2D eigenvalue weighted by molar-refractivity contribution is -0.144. The Kier molecular flexibility index (Phi) is 10.2. The molecule has 0 spiro atoms. The Hall–Kier alpha value is -4.04. The fraction of sp³-hybridized carbons (Fsp3) is 0.533. The van der Waals surface area contributed by atoms with Crippen molar-refractivity contribution in [2.24, 2.45) is 18.9 Å². The van der Waals surface area contributed by atoms with Gasteiger partial charge in [0.05, 0.1) is 31.2 Å².